The number of rotatable bonds is 3. The Labute approximate surface area is 128 Å². The maximum absolute atomic E-state index is 12.1. The van der Waals surface area contributed by atoms with Gasteiger partial charge in [0.25, 0.3) is 5.91 Å². The smallest absolute Gasteiger partial charge is 0.253 e. The first-order valence-corrected chi connectivity index (χ1v) is 7.31. The third kappa shape index (κ3) is 3.34. The molecule has 2 heterocycles. The molecule has 1 saturated heterocycles. The molecule has 3 rings (SSSR count). The zero-order valence-electron chi connectivity index (χ0n) is 11.5. The van der Waals surface area contributed by atoms with Gasteiger partial charge in [0.05, 0.1) is 5.56 Å². The van der Waals surface area contributed by atoms with Gasteiger partial charge in [-0.25, -0.2) is 0 Å². The van der Waals surface area contributed by atoms with Crippen LogP contribution in [0.15, 0.2) is 48.8 Å². The second-order valence-corrected chi connectivity index (χ2v) is 5.56. The van der Waals surface area contributed by atoms with Crippen molar-refractivity contribution in [1.29, 1.82) is 0 Å². The molecule has 1 amide bonds. The van der Waals surface area contributed by atoms with Crippen LogP contribution >= 0.6 is 11.6 Å². The summed E-state index contributed by atoms with van der Waals surface area (Å²) in [5.74, 6) is -0.0685. The van der Waals surface area contributed by atoms with Gasteiger partial charge < -0.3 is 10.2 Å². The van der Waals surface area contributed by atoms with Gasteiger partial charge >= 0.3 is 0 Å². The van der Waals surface area contributed by atoms with E-state index < -0.39 is 0 Å². The van der Waals surface area contributed by atoms with Crippen LogP contribution in [0.25, 0.3) is 0 Å². The number of anilines is 1. The third-order valence-electron chi connectivity index (χ3n) is 3.62. The predicted octanol–water partition coefficient (Wildman–Crippen LogP) is 2.74. The highest BCUT2D eigenvalue weighted by atomic mass is 35.5. The Hall–Kier alpha value is -2.07. The molecule has 21 heavy (non-hydrogen) atoms. The van der Waals surface area contributed by atoms with Crippen LogP contribution in [-0.2, 0) is 0 Å². The zero-order valence-corrected chi connectivity index (χ0v) is 12.3. The Morgan fingerprint density at radius 3 is 3.00 bits per heavy atom. The standard InChI is InChI=1S/C16H16ClN3O/c17-13-4-1-5-15(9-13)20-8-6-14(11-20)19-16(21)12-3-2-7-18-10-12/h1-5,7,9-10,14H,6,8,11H2,(H,19,21)/t14-/m1/s1. The predicted molar refractivity (Wildman–Crippen MR) is 83.8 cm³/mol. The lowest BCUT2D eigenvalue weighted by atomic mass is 10.2. The summed E-state index contributed by atoms with van der Waals surface area (Å²) in [5, 5.41) is 3.79. The number of nitrogens with one attached hydrogen (secondary N) is 1. The number of amides is 1. The summed E-state index contributed by atoms with van der Waals surface area (Å²) < 4.78 is 0. The topological polar surface area (TPSA) is 45.2 Å². The number of carbonyl (C=O) groups is 1. The second kappa shape index (κ2) is 6.14. The van der Waals surface area contributed by atoms with Gasteiger partial charge in [-0.05, 0) is 36.8 Å². The Bertz CT molecular complexity index is 632. The molecule has 0 bridgehead atoms. The van der Waals surface area contributed by atoms with Crippen LogP contribution in [0.1, 0.15) is 16.8 Å². The molecular weight excluding hydrogens is 286 g/mol. The van der Waals surface area contributed by atoms with Gasteiger partial charge in [-0.15, -0.1) is 0 Å². The van der Waals surface area contributed by atoms with Crippen molar-refractivity contribution in [1.82, 2.24) is 10.3 Å². The number of pyridine rings is 1. The number of aromatic nitrogens is 1. The van der Waals surface area contributed by atoms with Crippen molar-refractivity contribution in [3.05, 3.63) is 59.4 Å². The monoisotopic (exact) mass is 301 g/mol. The molecule has 1 aliphatic heterocycles. The maximum atomic E-state index is 12.1. The van der Waals surface area contributed by atoms with Crippen molar-refractivity contribution < 1.29 is 4.79 Å². The molecule has 1 aliphatic rings. The fraction of sp³-hybridized carbons (Fsp3) is 0.250. The van der Waals surface area contributed by atoms with Crippen LogP contribution in [-0.4, -0.2) is 30.0 Å². The van der Waals surface area contributed by atoms with Crippen LogP contribution in [0, 0.1) is 0 Å². The van der Waals surface area contributed by atoms with E-state index >= 15 is 0 Å². The van der Waals surface area contributed by atoms with Crippen molar-refractivity contribution in [3.8, 4) is 0 Å². The minimum Gasteiger partial charge on any atom is -0.369 e. The SMILES string of the molecule is O=C(N[C@@H]1CCN(c2cccc(Cl)c2)C1)c1cccnc1. The number of halogens is 1. The van der Waals surface area contributed by atoms with Gasteiger partial charge in [-0.3, -0.25) is 9.78 Å². The molecule has 5 heteroatoms. The molecule has 1 aromatic carbocycles. The molecule has 0 spiro atoms. The van der Waals surface area contributed by atoms with E-state index in [0.29, 0.717) is 5.56 Å². The number of carbonyl (C=O) groups excluding carboxylic acids is 1. The van der Waals surface area contributed by atoms with Crippen molar-refractivity contribution >= 4 is 23.2 Å². The minimum absolute atomic E-state index is 0.0685. The maximum Gasteiger partial charge on any atom is 0.253 e. The minimum atomic E-state index is -0.0685. The van der Waals surface area contributed by atoms with Gasteiger partial charge in [-0.1, -0.05) is 17.7 Å². The summed E-state index contributed by atoms with van der Waals surface area (Å²) >= 11 is 6.02. The van der Waals surface area contributed by atoms with E-state index in [2.05, 4.69) is 15.2 Å². The Balaban J connectivity index is 1.61. The van der Waals surface area contributed by atoms with Crippen molar-refractivity contribution in [3.63, 3.8) is 0 Å². The van der Waals surface area contributed by atoms with Crippen LogP contribution in [0.3, 0.4) is 0 Å². The molecule has 0 unspecified atom stereocenters. The first-order valence-electron chi connectivity index (χ1n) is 6.94. The number of hydrogen-bond acceptors (Lipinski definition) is 3. The van der Waals surface area contributed by atoms with E-state index in [-0.39, 0.29) is 11.9 Å². The molecule has 4 nitrogen and oxygen atoms in total. The lowest BCUT2D eigenvalue weighted by Gasteiger charge is -2.19. The molecule has 1 aromatic heterocycles. The van der Waals surface area contributed by atoms with E-state index in [1.165, 1.54) is 0 Å². The highest BCUT2D eigenvalue weighted by molar-refractivity contribution is 6.30. The first kappa shape index (κ1) is 13.9. The normalized spacial score (nSPS) is 17.8. The average molecular weight is 302 g/mol. The average Bonchev–Trinajstić information content (AvgIpc) is 2.97. The molecule has 0 aliphatic carbocycles. The molecule has 108 valence electrons. The zero-order chi connectivity index (χ0) is 14.7. The molecule has 2 aromatic rings. The summed E-state index contributed by atoms with van der Waals surface area (Å²) in [6, 6.07) is 11.5. The molecule has 1 fully saturated rings. The number of hydrogen-bond donors (Lipinski definition) is 1. The van der Waals surface area contributed by atoms with Crippen LogP contribution < -0.4 is 10.2 Å². The van der Waals surface area contributed by atoms with Crippen molar-refractivity contribution in [2.24, 2.45) is 0 Å². The number of benzene rings is 1. The summed E-state index contributed by atoms with van der Waals surface area (Å²) in [7, 11) is 0. The second-order valence-electron chi connectivity index (χ2n) is 5.13. The fourth-order valence-corrected chi connectivity index (χ4v) is 2.74. The van der Waals surface area contributed by atoms with Gasteiger partial charge in [0, 0.05) is 42.2 Å². The van der Waals surface area contributed by atoms with Crippen molar-refractivity contribution in [2.75, 3.05) is 18.0 Å². The van der Waals surface area contributed by atoms with Gasteiger partial charge in [-0.2, -0.15) is 0 Å². The van der Waals surface area contributed by atoms with Crippen molar-refractivity contribution in [2.45, 2.75) is 12.5 Å². The summed E-state index contributed by atoms with van der Waals surface area (Å²) in [6.07, 6.45) is 4.17. The quantitative estimate of drug-likeness (QED) is 0.948. The van der Waals surface area contributed by atoms with Crippen LogP contribution in [0.4, 0.5) is 5.69 Å². The van der Waals surface area contributed by atoms with E-state index in [9.17, 15) is 4.79 Å². The lowest BCUT2D eigenvalue weighted by Crippen LogP contribution is -2.37. The Morgan fingerprint density at radius 2 is 2.24 bits per heavy atom. The van der Waals surface area contributed by atoms with Crippen LogP contribution in [0.5, 0.6) is 0 Å². The van der Waals surface area contributed by atoms with Gasteiger partial charge in [0.2, 0.25) is 0 Å². The molecular formula is C16H16ClN3O. The lowest BCUT2D eigenvalue weighted by molar-refractivity contribution is 0.0940. The molecule has 0 saturated carbocycles. The highest BCUT2D eigenvalue weighted by Gasteiger charge is 2.24. The molecule has 0 radical (unpaired) electrons. The first-order chi connectivity index (χ1) is 10.2. The summed E-state index contributed by atoms with van der Waals surface area (Å²) in [5.41, 5.74) is 1.69. The fourth-order valence-electron chi connectivity index (χ4n) is 2.55. The van der Waals surface area contributed by atoms with E-state index in [4.69, 9.17) is 11.6 Å². The Morgan fingerprint density at radius 1 is 1.33 bits per heavy atom. The molecule has 1 N–H and O–H groups in total. The summed E-state index contributed by atoms with van der Waals surface area (Å²) in [4.78, 5) is 18.3. The highest BCUT2D eigenvalue weighted by Crippen LogP contribution is 2.23. The van der Waals surface area contributed by atoms with E-state index in [0.717, 1.165) is 30.2 Å². The van der Waals surface area contributed by atoms with E-state index in [1.54, 1.807) is 24.5 Å². The van der Waals surface area contributed by atoms with Gasteiger partial charge in [0.15, 0.2) is 0 Å². The summed E-state index contributed by atoms with van der Waals surface area (Å²) in [6.45, 7) is 1.71. The van der Waals surface area contributed by atoms with Gasteiger partial charge in [0.1, 0.15) is 0 Å². The van der Waals surface area contributed by atoms with Crippen LogP contribution in [0.2, 0.25) is 5.02 Å². The number of nitrogens with zero attached hydrogens (tertiary/aromatic N) is 2. The third-order valence-corrected chi connectivity index (χ3v) is 3.86. The molecule has 1 atom stereocenters. The van der Waals surface area contributed by atoms with E-state index in [1.807, 2.05) is 24.3 Å². The largest absolute Gasteiger partial charge is 0.369 e. The Kier molecular flexibility index (Phi) is 4.06.